The topological polar surface area (TPSA) is 59.0 Å². The molecule has 0 radical (unpaired) electrons. The van der Waals surface area contributed by atoms with E-state index >= 15 is 0 Å². The Morgan fingerprint density at radius 2 is 1.76 bits per heavy atom. The normalized spacial score (nSPS) is 22.9. The van der Waals surface area contributed by atoms with E-state index in [1.54, 1.807) is 0 Å². The predicted octanol–water partition coefficient (Wildman–Crippen LogP) is 6.57. The molecule has 0 saturated carbocycles. The van der Waals surface area contributed by atoms with Crippen molar-refractivity contribution in [3.8, 4) is 6.07 Å². The second kappa shape index (κ2) is 7.99. The molecule has 2 N–H and O–H groups in total. The first kappa shape index (κ1) is 19.6. The van der Waals surface area contributed by atoms with Crippen molar-refractivity contribution in [1.29, 1.82) is 5.26 Å². The van der Waals surface area contributed by atoms with Crippen molar-refractivity contribution in [2.75, 3.05) is 0 Å². The maximum absolute atomic E-state index is 9.81. The minimum Gasteiger partial charge on any atom is -0.440 e. The highest BCUT2D eigenvalue weighted by Crippen LogP contribution is 2.49. The SMILES string of the molecule is CC1CC2=C(OC(N)=C(C#N)C2c2ccccc2Cl)/C(=C/c2ccccc2Cl)C1. The fraction of sp³-hybridized carbons (Fsp3) is 0.208. The molecular formula is C24H20Cl2N2O. The lowest BCUT2D eigenvalue weighted by molar-refractivity contribution is 0.268. The zero-order valence-corrected chi connectivity index (χ0v) is 17.5. The molecule has 0 amide bonds. The summed E-state index contributed by atoms with van der Waals surface area (Å²) in [6, 6.07) is 17.5. The third kappa shape index (κ3) is 3.67. The van der Waals surface area contributed by atoms with Crippen LogP contribution in [0.25, 0.3) is 6.08 Å². The fourth-order valence-corrected chi connectivity index (χ4v) is 4.59. The lowest BCUT2D eigenvalue weighted by Gasteiger charge is -2.35. The first-order valence-corrected chi connectivity index (χ1v) is 10.3. The van der Waals surface area contributed by atoms with E-state index in [2.05, 4.69) is 19.1 Å². The molecule has 3 nitrogen and oxygen atoms in total. The number of halogens is 2. The summed E-state index contributed by atoms with van der Waals surface area (Å²) < 4.78 is 6.02. The molecule has 2 aromatic rings. The summed E-state index contributed by atoms with van der Waals surface area (Å²) in [4.78, 5) is 0. The highest BCUT2D eigenvalue weighted by molar-refractivity contribution is 6.32. The summed E-state index contributed by atoms with van der Waals surface area (Å²) >= 11 is 12.9. The molecule has 1 heterocycles. The van der Waals surface area contributed by atoms with Crippen LogP contribution in [0.2, 0.25) is 10.0 Å². The summed E-state index contributed by atoms with van der Waals surface area (Å²) in [5, 5.41) is 11.1. The van der Waals surface area contributed by atoms with E-state index in [1.165, 1.54) is 0 Å². The number of nitriles is 1. The summed E-state index contributed by atoms with van der Waals surface area (Å²) in [5.41, 5.74) is 10.5. The average molecular weight is 423 g/mol. The first-order chi connectivity index (χ1) is 14.0. The molecule has 0 saturated heterocycles. The van der Waals surface area contributed by atoms with E-state index in [-0.39, 0.29) is 11.8 Å². The van der Waals surface area contributed by atoms with Crippen LogP contribution in [-0.2, 0) is 4.74 Å². The summed E-state index contributed by atoms with van der Waals surface area (Å²) in [6.45, 7) is 2.20. The third-order valence-electron chi connectivity index (χ3n) is 5.41. The molecule has 0 fully saturated rings. The van der Waals surface area contributed by atoms with Gasteiger partial charge in [-0.25, -0.2) is 0 Å². The van der Waals surface area contributed by atoms with Gasteiger partial charge in [0.25, 0.3) is 0 Å². The quantitative estimate of drug-likeness (QED) is 0.594. The van der Waals surface area contributed by atoms with Gasteiger partial charge in [0.05, 0.1) is 5.92 Å². The van der Waals surface area contributed by atoms with Gasteiger partial charge in [-0.05, 0) is 59.2 Å². The van der Waals surface area contributed by atoms with Crippen LogP contribution in [0.15, 0.2) is 76.9 Å². The number of nitrogens with zero attached hydrogens (tertiary/aromatic N) is 1. The van der Waals surface area contributed by atoms with Crippen molar-refractivity contribution in [2.45, 2.75) is 25.7 Å². The zero-order chi connectivity index (χ0) is 20.5. The number of benzene rings is 2. The van der Waals surface area contributed by atoms with E-state index in [0.29, 0.717) is 21.5 Å². The minimum atomic E-state index is -0.310. The Balaban J connectivity index is 1.91. The smallest absolute Gasteiger partial charge is 0.205 e. The first-order valence-electron chi connectivity index (χ1n) is 9.50. The minimum absolute atomic E-state index is 0.135. The highest BCUT2D eigenvalue weighted by atomic mass is 35.5. The van der Waals surface area contributed by atoms with Gasteiger partial charge < -0.3 is 10.5 Å². The standard InChI is InChI=1S/C24H20Cl2N2O/c1-14-10-16(12-15-6-2-4-8-20(15)25)23-18(11-14)22(19(13-27)24(28)29-23)17-7-3-5-9-21(17)26/h2-9,12,14,22H,10-11,28H2,1H3/b16-12+. The number of ether oxygens (including phenoxy) is 1. The molecule has 29 heavy (non-hydrogen) atoms. The summed E-state index contributed by atoms with van der Waals surface area (Å²) in [6.07, 6.45) is 3.71. The Kier molecular flexibility index (Phi) is 5.41. The molecule has 2 aromatic carbocycles. The lowest BCUT2D eigenvalue weighted by atomic mass is 9.74. The number of allylic oxidation sites excluding steroid dienone is 3. The molecular weight excluding hydrogens is 403 g/mol. The number of nitrogens with two attached hydrogens (primary N) is 1. The van der Waals surface area contributed by atoms with Crippen LogP contribution >= 0.6 is 23.2 Å². The molecule has 2 atom stereocenters. The maximum Gasteiger partial charge on any atom is 0.205 e. The van der Waals surface area contributed by atoms with E-state index < -0.39 is 0 Å². The predicted molar refractivity (Wildman–Crippen MR) is 117 cm³/mol. The maximum atomic E-state index is 9.81. The summed E-state index contributed by atoms with van der Waals surface area (Å²) in [7, 11) is 0. The van der Waals surface area contributed by atoms with Gasteiger partial charge >= 0.3 is 0 Å². The molecule has 146 valence electrons. The van der Waals surface area contributed by atoms with Crippen LogP contribution in [0.5, 0.6) is 0 Å². The monoisotopic (exact) mass is 422 g/mol. The van der Waals surface area contributed by atoms with Crippen LogP contribution in [0.1, 0.15) is 36.8 Å². The Bertz CT molecular complexity index is 1110. The van der Waals surface area contributed by atoms with Gasteiger partial charge in [0.1, 0.15) is 17.4 Å². The van der Waals surface area contributed by atoms with Crippen LogP contribution in [0.4, 0.5) is 0 Å². The van der Waals surface area contributed by atoms with Gasteiger partial charge in [-0.3, -0.25) is 0 Å². The van der Waals surface area contributed by atoms with Crippen molar-refractivity contribution in [3.63, 3.8) is 0 Å². The number of hydrogen-bond acceptors (Lipinski definition) is 3. The second-order valence-electron chi connectivity index (χ2n) is 7.51. The Morgan fingerprint density at radius 1 is 1.07 bits per heavy atom. The van der Waals surface area contributed by atoms with E-state index in [9.17, 15) is 5.26 Å². The Morgan fingerprint density at radius 3 is 2.45 bits per heavy atom. The van der Waals surface area contributed by atoms with E-state index in [4.69, 9.17) is 33.7 Å². The van der Waals surface area contributed by atoms with Gasteiger partial charge in [0, 0.05) is 10.0 Å². The van der Waals surface area contributed by atoms with Gasteiger partial charge in [-0.2, -0.15) is 5.26 Å². The molecule has 0 aromatic heterocycles. The Labute approximate surface area is 180 Å². The second-order valence-corrected chi connectivity index (χ2v) is 8.32. The highest BCUT2D eigenvalue weighted by Gasteiger charge is 2.38. The van der Waals surface area contributed by atoms with Crippen LogP contribution in [-0.4, -0.2) is 0 Å². The number of hydrogen-bond donors (Lipinski definition) is 1. The molecule has 5 heteroatoms. The third-order valence-corrected chi connectivity index (χ3v) is 6.09. The van der Waals surface area contributed by atoms with Crippen LogP contribution < -0.4 is 5.73 Å². The average Bonchev–Trinajstić information content (AvgIpc) is 2.70. The van der Waals surface area contributed by atoms with Gasteiger partial charge in [-0.15, -0.1) is 0 Å². The number of rotatable bonds is 2. The van der Waals surface area contributed by atoms with Crippen molar-refractivity contribution in [3.05, 3.63) is 98.1 Å². The molecule has 0 bridgehead atoms. The van der Waals surface area contributed by atoms with Gasteiger partial charge in [-0.1, -0.05) is 66.5 Å². The van der Waals surface area contributed by atoms with E-state index in [0.717, 1.165) is 40.9 Å². The van der Waals surface area contributed by atoms with Crippen molar-refractivity contribution < 1.29 is 4.74 Å². The van der Waals surface area contributed by atoms with Crippen molar-refractivity contribution >= 4 is 29.3 Å². The molecule has 2 aliphatic rings. The lowest BCUT2D eigenvalue weighted by Crippen LogP contribution is -2.26. The molecule has 2 unspecified atom stereocenters. The van der Waals surface area contributed by atoms with E-state index in [1.807, 2.05) is 48.5 Å². The Hall–Kier alpha value is -2.67. The summed E-state index contributed by atoms with van der Waals surface area (Å²) in [5.74, 6) is 0.949. The van der Waals surface area contributed by atoms with Crippen LogP contribution in [0, 0.1) is 17.2 Å². The molecule has 1 aliphatic carbocycles. The van der Waals surface area contributed by atoms with Crippen molar-refractivity contribution in [2.24, 2.45) is 11.7 Å². The van der Waals surface area contributed by atoms with Crippen LogP contribution in [0.3, 0.4) is 0 Å². The fourth-order valence-electron chi connectivity index (χ4n) is 4.15. The zero-order valence-electron chi connectivity index (χ0n) is 16.0. The largest absolute Gasteiger partial charge is 0.440 e. The molecule has 0 spiro atoms. The molecule has 1 aliphatic heterocycles. The van der Waals surface area contributed by atoms with Crippen molar-refractivity contribution in [1.82, 2.24) is 0 Å². The van der Waals surface area contributed by atoms with Gasteiger partial charge in [0.2, 0.25) is 5.88 Å². The molecule has 4 rings (SSSR count). The van der Waals surface area contributed by atoms with Gasteiger partial charge in [0.15, 0.2) is 0 Å².